The Balaban J connectivity index is 1.81. The van der Waals surface area contributed by atoms with E-state index in [0.29, 0.717) is 24.7 Å². The average molecular weight is 282 g/mol. The first-order chi connectivity index (χ1) is 9.68. The fraction of sp³-hybridized carbons (Fsp3) is 0.800. The maximum absolute atomic E-state index is 12.3. The molecule has 0 unspecified atom stereocenters. The van der Waals surface area contributed by atoms with Gasteiger partial charge in [-0.3, -0.25) is 4.79 Å². The van der Waals surface area contributed by atoms with Crippen LogP contribution in [0.1, 0.15) is 32.6 Å². The summed E-state index contributed by atoms with van der Waals surface area (Å²) in [7, 11) is 1.83. The van der Waals surface area contributed by atoms with Gasteiger partial charge in [-0.05, 0) is 32.9 Å². The van der Waals surface area contributed by atoms with Gasteiger partial charge in [-0.25, -0.2) is 0 Å². The van der Waals surface area contributed by atoms with Crippen molar-refractivity contribution in [2.75, 3.05) is 46.4 Å². The van der Waals surface area contributed by atoms with Crippen molar-refractivity contribution in [3.63, 3.8) is 0 Å². The molecule has 2 aliphatic heterocycles. The Labute approximate surface area is 121 Å². The van der Waals surface area contributed by atoms with E-state index in [9.17, 15) is 4.79 Å². The van der Waals surface area contributed by atoms with Crippen molar-refractivity contribution in [2.24, 2.45) is 0 Å². The highest BCUT2D eigenvalue weighted by molar-refractivity contribution is 5.91. The number of hydrogen-bond donors (Lipinski definition) is 0. The molecule has 0 spiro atoms. The van der Waals surface area contributed by atoms with Crippen molar-refractivity contribution in [1.29, 1.82) is 0 Å². The predicted octanol–water partition coefficient (Wildman–Crippen LogP) is 1.60. The smallest absolute Gasteiger partial charge is 0.292 e. The minimum absolute atomic E-state index is 0.0722. The van der Waals surface area contributed by atoms with Gasteiger partial charge in [0.2, 0.25) is 5.76 Å². The van der Waals surface area contributed by atoms with Gasteiger partial charge in [-0.2, -0.15) is 0 Å². The van der Waals surface area contributed by atoms with Gasteiger partial charge in [0.05, 0.1) is 0 Å². The molecule has 0 aromatic carbocycles. The highest BCUT2D eigenvalue weighted by Gasteiger charge is 2.23. The van der Waals surface area contributed by atoms with Crippen LogP contribution in [0, 0.1) is 0 Å². The number of carbonyl (C=O) groups excluding carboxylic acids is 1. The molecule has 0 aliphatic carbocycles. The highest BCUT2D eigenvalue weighted by Crippen LogP contribution is 2.15. The number of amides is 1. The maximum Gasteiger partial charge on any atom is 0.292 e. The van der Waals surface area contributed by atoms with E-state index in [2.05, 4.69) is 4.90 Å². The Hall–Kier alpha value is -1.23. The first-order valence-electron chi connectivity index (χ1n) is 7.63. The molecule has 5 nitrogen and oxygen atoms in total. The van der Waals surface area contributed by atoms with Crippen LogP contribution < -0.4 is 0 Å². The topological polar surface area (TPSA) is 42.0 Å². The maximum atomic E-state index is 12.3. The quantitative estimate of drug-likeness (QED) is 0.785. The third-order valence-corrected chi connectivity index (χ3v) is 3.96. The number of likely N-dealkylation sites (N-methyl/N-ethyl adjacent to an activating group) is 1. The summed E-state index contributed by atoms with van der Waals surface area (Å²) in [4.78, 5) is 16.5. The zero-order chi connectivity index (χ0) is 14.4. The Morgan fingerprint density at radius 1 is 1.15 bits per heavy atom. The standard InChI is InChI=1S/C15H26N2O3/c1-13-14(20-12-11-19-13)15(18)16(2)9-10-17-7-5-3-4-6-8-17/h3-12H2,1-2H3. The molecule has 0 bridgehead atoms. The molecule has 2 heterocycles. The number of hydrogen-bond acceptors (Lipinski definition) is 4. The van der Waals surface area contributed by atoms with E-state index in [1.54, 1.807) is 11.8 Å². The van der Waals surface area contributed by atoms with Crippen LogP contribution >= 0.6 is 0 Å². The summed E-state index contributed by atoms with van der Waals surface area (Å²) >= 11 is 0. The van der Waals surface area contributed by atoms with Gasteiger partial charge in [-0.1, -0.05) is 12.8 Å². The molecule has 0 saturated carbocycles. The van der Waals surface area contributed by atoms with E-state index in [-0.39, 0.29) is 5.91 Å². The number of rotatable bonds is 4. The summed E-state index contributed by atoms with van der Waals surface area (Å²) in [6.45, 7) is 6.76. The van der Waals surface area contributed by atoms with Crippen molar-refractivity contribution < 1.29 is 14.3 Å². The van der Waals surface area contributed by atoms with Crippen LogP contribution in [0.5, 0.6) is 0 Å². The summed E-state index contributed by atoms with van der Waals surface area (Å²) < 4.78 is 10.8. The SMILES string of the molecule is CC1=C(C(=O)N(C)CCN2CCCCCC2)OCCO1. The Bertz CT molecular complexity index is 360. The lowest BCUT2D eigenvalue weighted by atomic mass is 10.2. The fourth-order valence-electron chi connectivity index (χ4n) is 2.64. The van der Waals surface area contributed by atoms with Gasteiger partial charge in [0.15, 0.2) is 0 Å². The molecule has 0 radical (unpaired) electrons. The first kappa shape index (κ1) is 15.2. The molecule has 5 heteroatoms. The first-order valence-corrected chi connectivity index (χ1v) is 7.63. The van der Waals surface area contributed by atoms with Gasteiger partial charge >= 0.3 is 0 Å². The van der Waals surface area contributed by atoms with E-state index in [4.69, 9.17) is 9.47 Å². The van der Waals surface area contributed by atoms with Gasteiger partial charge in [-0.15, -0.1) is 0 Å². The van der Waals surface area contributed by atoms with E-state index >= 15 is 0 Å². The average Bonchev–Trinajstić information content (AvgIpc) is 2.73. The molecule has 2 rings (SSSR count). The lowest BCUT2D eigenvalue weighted by molar-refractivity contribution is -0.131. The van der Waals surface area contributed by atoms with Crippen molar-refractivity contribution >= 4 is 5.91 Å². The minimum Gasteiger partial charge on any atom is -0.491 e. The van der Waals surface area contributed by atoms with E-state index in [1.807, 2.05) is 7.05 Å². The van der Waals surface area contributed by atoms with Crippen molar-refractivity contribution in [3.05, 3.63) is 11.5 Å². The monoisotopic (exact) mass is 282 g/mol. The second-order valence-corrected chi connectivity index (χ2v) is 5.56. The third-order valence-electron chi connectivity index (χ3n) is 3.96. The van der Waals surface area contributed by atoms with Crippen molar-refractivity contribution in [3.8, 4) is 0 Å². The summed E-state index contributed by atoms with van der Waals surface area (Å²) in [6.07, 6.45) is 5.23. The molecule has 1 fully saturated rings. The summed E-state index contributed by atoms with van der Waals surface area (Å²) in [6, 6.07) is 0. The van der Waals surface area contributed by atoms with Crippen LogP contribution in [0.2, 0.25) is 0 Å². The van der Waals surface area contributed by atoms with Crippen molar-refractivity contribution in [2.45, 2.75) is 32.6 Å². The fourth-order valence-corrected chi connectivity index (χ4v) is 2.64. The molecular formula is C15H26N2O3. The largest absolute Gasteiger partial charge is 0.491 e. The molecule has 0 aromatic heterocycles. The number of likely N-dealkylation sites (tertiary alicyclic amines) is 1. The van der Waals surface area contributed by atoms with Gasteiger partial charge in [0.25, 0.3) is 5.91 Å². The number of allylic oxidation sites excluding steroid dienone is 1. The lowest BCUT2D eigenvalue weighted by Crippen LogP contribution is -2.38. The van der Waals surface area contributed by atoms with Crippen LogP contribution in [-0.2, 0) is 14.3 Å². The van der Waals surface area contributed by atoms with Crippen LogP contribution in [0.15, 0.2) is 11.5 Å². The van der Waals surface area contributed by atoms with Gasteiger partial charge < -0.3 is 19.3 Å². The Morgan fingerprint density at radius 3 is 2.45 bits per heavy atom. The number of carbonyl (C=O) groups is 1. The molecule has 114 valence electrons. The van der Waals surface area contributed by atoms with E-state index in [1.165, 1.54) is 25.7 Å². The summed E-state index contributed by atoms with van der Waals surface area (Å²) in [5.74, 6) is 0.898. The minimum atomic E-state index is -0.0722. The van der Waals surface area contributed by atoms with Gasteiger partial charge in [0, 0.05) is 20.1 Å². The second-order valence-electron chi connectivity index (χ2n) is 5.56. The zero-order valence-corrected chi connectivity index (χ0v) is 12.7. The molecule has 2 aliphatic rings. The molecule has 1 amide bonds. The molecule has 0 atom stereocenters. The second kappa shape index (κ2) is 7.53. The van der Waals surface area contributed by atoms with Crippen LogP contribution in [0.25, 0.3) is 0 Å². The van der Waals surface area contributed by atoms with Crippen molar-refractivity contribution in [1.82, 2.24) is 9.80 Å². The number of nitrogens with zero attached hydrogens (tertiary/aromatic N) is 2. The molecule has 0 N–H and O–H groups in total. The normalized spacial score (nSPS) is 20.9. The van der Waals surface area contributed by atoms with E-state index < -0.39 is 0 Å². The summed E-state index contributed by atoms with van der Waals surface area (Å²) in [5.41, 5.74) is 0. The number of ether oxygens (including phenoxy) is 2. The Morgan fingerprint density at radius 2 is 1.80 bits per heavy atom. The van der Waals surface area contributed by atoms with Crippen LogP contribution in [-0.4, -0.2) is 62.1 Å². The third kappa shape index (κ3) is 4.13. The molecule has 0 aromatic rings. The lowest BCUT2D eigenvalue weighted by Gasteiger charge is -2.26. The predicted molar refractivity (Wildman–Crippen MR) is 77.1 cm³/mol. The van der Waals surface area contributed by atoms with Crippen LogP contribution in [0.3, 0.4) is 0 Å². The van der Waals surface area contributed by atoms with Gasteiger partial charge in [0.1, 0.15) is 19.0 Å². The van der Waals surface area contributed by atoms with E-state index in [0.717, 1.165) is 26.2 Å². The molecular weight excluding hydrogens is 256 g/mol. The van der Waals surface area contributed by atoms with Crippen LogP contribution in [0.4, 0.5) is 0 Å². The highest BCUT2D eigenvalue weighted by atomic mass is 16.6. The molecule has 1 saturated heterocycles. The zero-order valence-electron chi connectivity index (χ0n) is 12.7. The Kier molecular flexibility index (Phi) is 5.71. The molecule has 20 heavy (non-hydrogen) atoms. The summed E-state index contributed by atoms with van der Waals surface area (Å²) in [5, 5.41) is 0.